The fourth-order valence-corrected chi connectivity index (χ4v) is 6.96. The molecule has 0 saturated carbocycles. The van der Waals surface area contributed by atoms with Crippen LogP contribution in [0.5, 0.6) is 5.75 Å². The van der Waals surface area contributed by atoms with Gasteiger partial charge < -0.3 is 39.0 Å². The lowest BCUT2D eigenvalue weighted by Crippen LogP contribution is -2.76. The summed E-state index contributed by atoms with van der Waals surface area (Å²) < 4.78 is 78.9. The van der Waals surface area contributed by atoms with Gasteiger partial charge in [-0.25, -0.2) is 36.9 Å². The summed E-state index contributed by atoms with van der Waals surface area (Å²) in [6.07, 6.45) is -0.989. The number of nitrogens with two attached hydrogens (primary N) is 1. The molecule has 23 nitrogen and oxygen atoms in total. The molecular weight excluding hydrogens is 914 g/mol. The maximum atomic E-state index is 15.8. The van der Waals surface area contributed by atoms with Gasteiger partial charge >= 0.3 is 24.0 Å². The number of hydrogen-bond donors (Lipinski definition) is 4. The number of nitrogen functional groups attached to an aromatic ring is 1. The molecule has 3 heterocycles. The van der Waals surface area contributed by atoms with Crippen LogP contribution in [0.25, 0.3) is 11.1 Å². The molecule has 4 amide bonds. The lowest BCUT2D eigenvalue weighted by molar-refractivity contribution is -0.740. The Balaban J connectivity index is 1.58. The maximum Gasteiger partial charge on any atom is 0.413 e. The molecule has 0 spiro atoms. The second-order valence-corrected chi connectivity index (χ2v) is 20.1. The van der Waals surface area contributed by atoms with Crippen LogP contribution in [-0.4, -0.2) is 111 Å². The predicted molar refractivity (Wildman–Crippen MR) is 233 cm³/mol. The summed E-state index contributed by atoms with van der Waals surface area (Å²) in [5.41, 5.74) is 1.82. The normalized spacial score (nSPS) is 15.8. The average molecular weight is 970 g/mol. The highest BCUT2D eigenvalue weighted by Crippen LogP contribution is 2.33. The smallest absolute Gasteiger partial charge is 0.413 e. The second-order valence-electron chi connectivity index (χ2n) is 18.3. The quantitative estimate of drug-likeness (QED) is 0.0173. The van der Waals surface area contributed by atoms with Crippen molar-refractivity contribution in [1.29, 1.82) is 0 Å². The molecule has 66 heavy (non-hydrogen) atoms. The van der Waals surface area contributed by atoms with Crippen molar-refractivity contribution in [2.75, 3.05) is 24.2 Å². The molecule has 5 N–H and O–H groups in total. The van der Waals surface area contributed by atoms with Crippen LogP contribution < -0.4 is 31.1 Å². The number of esters is 1. The van der Waals surface area contributed by atoms with E-state index in [0.29, 0.717) is 25.1 Å². The number of benzene rings is 1. The number of nitrogens with zero attached hydrogens (tertiary/aromatic N) is 5. The molecular formula is C40H56FN9O14S2. The Morgan fingerprint density at radius 3 is 2.21 bits per heavy atom. The van der Waals surface area contributed by atoms with Crippen LogP contribution >= 0.6 is 11.3 Å². The molecule has 2 aromatic heterocycles. The average Bonchev–Trinajstić information content (AvgIpc) is 3.72. The van der Waals surface area contributed by atoms with Crippen LogP contribution in [0, 0.1) is 5.82 Å². The molecule has 4 rings (SSSR count). The van der Waals surface area contributed by atoms with E-state index in [9.17, 15) is 36.9 Å². The fourth-order valence-electron chi connectivity index (χ4n) is 5.84. The van der Waals surface area contributed by atoms with Gasteiger partial charge in [-0.2, -0.15) is 14.0 Å². The van der Waals surface area contributed by atoms with Gasteiger partial charge in [0.15, 0.2) is 10.8 Å². The van der Waals surface area contributed by atoms with Gasteiger partial charge in [0.25, 0.3) is 17.9 Å². The predicted octanol–water partition coefficient (Wildman–Crippen LogP) is 3.43. The number of aryl methyl sites for hydroxylation is 1. The van der Waals surface area contributed by atoms with E-state index in [-0.39, 0.29) is 33.0 Å². The van der Waals surface area contributed by atoms with Crippen LogP contribution in [0.4, 0.5) is 24.9 Å². The summed E-state index contributed by atoms with van der Waals surface area (Å²) in [6.45, 7) is 17.6. The molecule has 2 atom stereocenters. The second kappa shape index (κ2) is 20.2. The van der Waals surface area contributed by atoms with Crippen LogP contribution in [0.3, 0.4) is 0 Å². The first-order chi connectivity index (χ1) is 30.2. The lowest BCUT2D eigenvalue weighted by Gasteiger charge is -2.51. The van der Waals surface area contributed by atoms with Crippen LogP contribution in [0.1, 0.15) is 88.3 Å². The van der Waals surface area contributed by atoms with Crippen molar-refractivity contribution in [3.63, 3.8) is 0 Å². The highest BCUT2D eigenvalue weighted by molar-refractivity contribution is 7.80. The molecule has 1 fully saturated rings. The van der Waals surface area contributed by atoms with E-state index in [1.807, 2.05) is 0 Å². The molecule has 364 valence electrons. The van der Waals surface area contributed by atoms with Crippen LogP contribution in [0.15, 0.2) is 34.9 Å². The van der Waals surface area contributed by atoms with E-state index in [0.717, 1.165) is 17.4 Å². The Labute approximate surface area is 384 Å². The van der Waals surface area contributed by atoms with E-state index in [1.165, 1.54) is 31.4 Å². The minimum absolute atomic E-state index is 0.0547. The monoisotopic (exact) mass is 969 g/mol. The third-order valence-electron chi connectivity index (χ3n) is 8.78. The number of nitrogens with one attached hydrogen (secondary N) is 3. The number of oxime groups is 1. The molecule has 2 unspecified atom stereocenters. The Bertz CT molecular complexity index is 2450. The first kappa shape index (κ1) is 52.5. The van der Waals surface area contributed by atoms with Crippen molar-refractivity contribution in [3.8, 4) is 16.9 Å². The number of hydroxylamine groups is 2. The van der Waals surface area contributed by atoms with E-state index in [2.05, 4.69) is 30.4 Å². The number of β-lactam (4-membered cyclic amide) rings is 1. The van der Waals surface area contributed by atoms with E-state index in [4.69, 9.17) is 29.5 Å². The number of aromatic nitrogens is 3. The summed E-state index contributed by atoms with van der Waals surface area (Å²) in [5, 5.41) is 12.9. The molecule has 1 saturated heterocycles. The van der Waals surface area contributed by atoms with Crippen molar-refractivity contribution >= 4 is 68.4 Å². The zero-order valence-electron chi connectivity index (χ0n) is 38.6. The summed E-state index contributed by atoms with van der Waals surface area (Å²) in [5.74, 6) is -3.80. The fraction of sp³-hybridized carbons (Fsp3) is 0.550. The SMILES string of the molecule is C[n+]1c(N)c(-c2ccc(OCC(O/N=C(\C(=O)NC3C(=O)N(OS(=O)(=O)[O-])C3(C)C)c3csc(NC(=O)OC(C)(C)C)n3)C(=O)OC(C)(C)C)cc2F)cn1CCCNC(=O)OC(C)(C)C. The molecule has 0 aliphatic carbocycles. The van der Waals surface area contributed by atoms with Gasteiger partial charge in [0.2, 0.25) is 10.4 Å². The molecule has 0 bridgehead atoms. The van der Waals surface area contributed by atoms with Gasteiger partial charge in [0.1, 0.15) is 53.8 Å². The maximum absolute atomic E-state index is 15.8. The standard InChI is InChI=1S/C40H56FN9O14S2/c1-37(2,3)60-33(53)27(20-59-22-14-15-23(25(41)18-22)24-19-49(48(12)30(24)42)17-13-16-43-35(54)61-38(4,5)6)63-47-28(26-21-65-34(44-26)46-36(55)62-39(7,8)9)31(51)45-29-32(52)50(40(29,10)11)64-66(56,57)58/h14-15,18-19,21,27,29,42H,13,16-17,20H2,1-12H3,(H4,43,44,45,46,51,54,55,56,57,58)/b47-28-. The van der Waals surface area contributed by atoms with Gasteiger partial charge in [0, 0.05) is 23.6 Å². The largest absolute Gasteiger partial charge is 0.724 e. The number of amides is 4. The highest BCUT2D eigenvalue weighted by atomic mass is 32.3. The first-order valence-electron chi connectivity index (χ1n) is 20.2. The van der Waals surface area contributed by atoms with Crippen molar-refractivity contribution in [1.82, 2.24) is 25.4 Å². The summed E-state index contributed by atoms with van der Waals surface area (Å²) >= 11 is 0.845. The number of thiazole rings is 1. The van der Waals surface area contributed by atoms with Gasteiger partial charge in [0.05, 0.1) is 23.8 Å². The zero-order valence-corrected chi connectivity index (χ0v) is 40.2. The van der Waals surface area contributed by atoms with Crippen LogP contribution in [-0.2, 0) is 61.7 Å². The molecule has 1 aromatic carbocycles. The number of alkyl carbamates (subject to hydrolysis) is 1. The number of carbonyl (C=O) groups excluding carboxylic acids is 5. The van der Waals surface area contributed by atoms with E-state index in [1.54, 1.807) is 84.9 Å². The summed E-state index contributed by atoms with van der Waals surface area (Å²) in [6, 6.07) is 2.43. The first-order valence-corrected chi connectivity index (χ1v) is 22.4. The Kier molecular flexibility index (Phi) is 16.0. The van der Waals surface area contributed by atoms with Gasteiger partial charge in [-0.3, -0.25) is 20.6 Å². The summed E-state index contributed by atoms with van der Waals surface area (Å²) in [4.78, 5) is 74.5. The number of rotatable bonds is 17. The van der Waals surface area contributed by atoms with Gasteiger partial charge in [-0.05, 0) is 94.7 Å². The van der Waals surface area contributed by atoms with Crippen LogP contribution in [0.2, 0.25) is 0 Å². The Morgan fingerprint density at radius 2 is 1.64 bits per heavy atom. The molecule has 3 aromatic rings. The topological polar surface area (TPSA) is 297 Å². The lowest BCUT2D eigenvalue weighted by atomic mass is 9.84. The highest BCUT2D eigenvalue weighted by Gasteiger charge is 2.57. The molecule has 1 aliphatic rings. The zero-order chi connectivity index (χ0) is 49.7. The van der Waals surface area contributed by atoms with Crippen molar-refractivity contribution < 1.29 is 74.1 Å². The minimum Gasteiger partial charge on any atom is -0.724 e. The molecule has 0 radical (unpaired) electrons. The van der Waals surface area contributed by atoms with E-state index >= 15 is 4.39 Å². The van der Waals surface area contributed by atoms with Crippen molar-refractivity contribution in [3.05, 3.63) is 41.3 Å². The third-order valence-corrected chi connectivity index (χ3v) is 9.87. The minimum atomic E-state index is -5.36. The number of halogens is 1. The molecule has 1 aliphatic heterocycles. The van der Waals surface area contributed by atoms with Crippen molar-refractivity contribution in [2.45, 2.75) is 124 Å². The third kappa shape index (κ3) is 14.7. The van der Waals surface area contributed by atoms with Crippen molar-refractivity contribution in [2.24, 2.45) is 12.2 Å². The summed E-state index contributed by atoms with van der Waals surface area (Å²) in [7, 11) is -3.67. The van der Waals surface area contributed by atoms with Gasteiger partial charge in [-0.15, -0.1) is 11.3 Å². The molecule has 26 heteroatoms. The number of anilines is 2. The van der Waals surface area contributed by atoms with E-state index < -0.39 is 93.0 Å². The number of hydrogen-bond acceptors (Lipinski definition) is 18. The van der Waals surface area contributed by atoms with Gasteiger partial charge in [-0.1, -0.05) is 5.16 Å². The number of carbonyl (C=O) groups is 5. The number of ether oxygens (including phenoxy) is 4. The Hall–Kier alpha value is -6.12. The Morgan fingerprint density at radius 1 is 1.02 bits per heavy atom.